The van der Waals surface area contributed by atoms with Crippen LogP contribution in [0.2, 0.25) is 0 Å². The lowest BCUT2D eigenvalue weighted by molar-refractivity contribution is -0.118. The van der Waals surface area contributed by atoms with Crippen LogP contribution >= 0.6 is 0 Å². The molecule has 0 aliphatic rings. The molecule has 0 aromatic heterocycles. The molecule has 3 heteroatoms. The van der Waals surface area contributed by atoms with Crippen molar-refractivity contribution in [2.24, 2.45) is 0 Å². The monoisotopic (exact) mass is 222 g/mol. The molecule has 0 bridgehead atoms. The zero-order valence-corrected chi connectivity index (χ0v) is 10.8. The number of hydrogen-bond acceptors (Lipinski definition) is 2. The number of allylic oxidation sites excluding steroid dienone is 1. The zero-order valence-electron chi connectivity index (χ0n) is 10.8. The van der Waals surface area contributed by atoms with Gasteiger partial charge in [0.25, 0.3) is 0 Å². The summed E-state index contributed by atoms with van der Waals surface area (Å²) in [6, 6.07) is 2.11. The van der Waals surface area contributed by atoms with Crippen molar-refractivity contribution in [3.8, 4) is 6.07 Å². The normalized spacial score (nSPS) is 12.1. The molecule has 1 N–H and O–H groups in total. The fourth-order valence-electron chi connectivity index (χ4n) is 1.20. The Labute approximate surface area is 98.5 Å². The van der Waals surface area contributed by atoms with Crippen LogP contribution in [0.1, 0.15) is 53.4 Å². The first-order valence-corrected chi connectivity index (χ1v) is 5.73. The molecular formula is C13H22N2O. The molecule has 0 aliphatic heterocycles. The quantitative estimate of drug-likeness (QED) is 0.574. The second-order valence-corrected chi connectivity index (χ2v) is 5.00. The number of nitrogens with one attached hydrogen (secondary N) is 1. The minimum atomic E-state index is -0.188. The molecule has 0 radical (unpaired) electrons. The van der Waals surface area contributed by atoms with Gasteiger partial charge in [-0.25, -0.2) is 0 Å². The van der Waals surface area contributed by atoms with Gasteiger partial charge in [0, 0.05) is 17.5 Å². The van der Waals surface area contributed by atoms with Gasteiger partial charge >= 0.3 is 0 Å². The SMILES string of the molecule is C/C(=C\CCCCC#N)C(=O)NC(C)(C)C. The molecule has 0 aromatic rings. The number of carbonyl (C=O) groups excluding carboxylic acids is 1. The van der Waals surface area contributed by atoms with Gasteiger partial charge in [0.2, 0.25) is 5.91 Å². The van der Waals surface area contributed by atoms with Crippen molar-refractivity contribution in [1.29, 1.82) is 5.26 Å². The van der Waals surface area contributed by atoms with Crippen LogP contribution in [-0.4, -0.2) is 11.4 Å². The van der Waals surface area contributed by atoms with Gasteiger partial charge in [-0.15, -0.1) is 0 Å². The van der Waals surface area contributed by atoms with Crippen molar-refractivity contribution in [2.45, 2.75) is 58.9 Å². The van der Waals surface area contributed by atoms with Crippen LogP contribution in [0.3, 0.4) is 0 Å². The van der Waals surface area contributed by atoms with E-state index in [1.165, 1.54) is 0 Å². The van der Waals surface area contributed by atoms with Gasteiger partial charge < -0.3 is 5.32 Å². The minimum Gasteiger partial charge on any atom is -0.348 e. The predicted octanol–water partition coefficient (Wildman–Crippen LogP) is 2.93. The summed E-state index contributed by atoms with van der Waals surface area (Å²) < 4.78 is 0. The largest absolute Gasteiger partial charge is 0.348 e. The highest BCUT2D eigenvalue weighted by Gasteiger charge is 2.14. The van der Waals surface area contributed by atoms with Crippen LogP contribution < -0.4 is 5.32 Å². The molecule has 0 fully saturated rings. The number of nitrogens with zero attached hydrogens (tertiary/aromatic N) is 1. The van der Waals surface area contributed by atoms with Gasteiger partial charge in [-0.3, -0.25) is 4.79 Å². The van der Waals surface area contributed by atoms with E-state index in [0.717, 1.165) is 24.8 Å². The maximum Gasteiger partial charge on any atom is 0.246 e. The standard InChI is InChI=1S/C13H22N2O/c1-11(9-7-5-6-8-10-14)12(16)15-13(2,3)4/h9H,5-8H2,1-4H3,(H,15,16)/b11-9+. The van der Waals surface area contributed by atoms with E-state index in [1.54, 1.807) is 0 Å². The average molecular weight is 222 g/mol. The Balaban J connectivity index is 3.94. The Bertz CT molecular complexity index is 292. The number of rotatable bonds is 5. The Morgan fingerprint density at radius 2 is 2.00 bits per heavy atom. The summed E-state index contributed by atoms with van der Waals surface area (Å²) in [4.78, 5) is 11.6. The first-order chi connectivity index (χ1) is 7.37. The van der Waals surface area contributed by atoms with E-state index in [1.807, 2.05) is 33.8 Å². The van der Waals surface area contributed by atoms with E-state index in [9.17, 15) is 4.79 Å². The molecule has 0 unspecified atom stereocenters. The fourth-order valence-corrected chi connectivity index (χ4v) is 1.20. The summed E-state index contributed by atoms with van der Waals surface area (Å²) in [5.41, 5.74) is 0.569. The first-order valence-electron chi connectivity index (χ1n) is 5.73. The summed E-state index contributed by atoms with van der Waals surface area (Å²) in [7, 11) is 0. The summed E-state index contributed by atoms with van der Waals surface area (Å²) >= 11 is 0. The van der Waals surface area contributed by atoms with Gasteiger partial charge in [-0.1, -0.05) is 6.08 Å². The molecule has 0 saturated carbocycles. The molecule has 0 spiro atoms. The lowest BCUT2D eigenvalue weighted by Crippen LogP contribution is -2.40. The number of unbranched alkanes of at least 4 members (excludes halogenated alkanes) is 3. The first kappa shape index (κ1) is 14.7. The van der Waals surface area contributed by atoms with Crippen LogP contribution in [-0.2, 0) is 4.79 Å². The smallest absolute Gasteiger partial charge is 0.246 e. The molecule has 90 valence electrons. The Morgan fingerprint density at radius 1 is 1.38 bits per heavy atom. The third-order valence-corrected chi connectivity index (χ3v) is 2.04. The maximum absolute atomic E-state index is 11.6. The molecule has 1 amide bonds. The highest BCUT2D eigenvalue weighted by Crippen LogP contribution is 2.06. The molecule has 0 aliphatic carbocycles. The van der Waals surface area contributed by atoms with E-state index in [-0.39, 0.29) is 11.4 Å². The predicted molar refractivity (Wildman–Crippen MR) is 65.7 cm³/mol. The van der Waals surface area contributed by atoms with E-state index < -0.39 is 0 Å². The van der Waals surface area contributed by atoms with Gasteiger partial charge in [0.15, 0.2) is 0 Å². The maximum atomic E-state index is 11.6. The van der Waals surface area contributed by atoms with Crippen LogP contribution in [0, 0.1) is 11.3 Å². The van der Waals surface area contributed by atoms with Crippen LogP contribution in [0.4, 0.5) is 0 Å². The molecule has 3 nitrogen and oxygen atoms in total. The number of hydrogen-bond donors (Lipinski definition) is 1. The summed E-state index contributed by atoms with van der Waals surface area (Å²) in [5, 5.41) is 11.3. The van der Waals surface area contributed by atoms with Gasteiger partial charge in [-0.2, -0.15) is 5.26 Å². The lowest BCUT2D eigenvalue weighted by Gasteiger charge is -2.20. The number of nitriles is 1. The van der Waals surface area contributed by atoms with Gasteiger partial charge in [-0.05, 0) is 47.0 Å². The topological polar surface area (TPSA) is 52.9 Å². The molecule has 0 saturated heterocycles. The van der Waals surface area contributed by atoms with Gasteiger partial charge in [0.05, 0.1) is 6.07 Å². The molecule has 0 aromatic carbocycles. The number of amides is 1. The van der Waals surface area contributed by atoms with E-state index in [2.05, 4.69) is 11.4 Å². The summed E-state index contributed by atoms with van der Waals surface area (Å²) in [6.45, 7) is 7.71. The van der Waals surface area contributed by atoms with Crippen LogP contribution in [0.5, 0.6) is 0 Å². The highest BCUT2D eigenvalue weighted by atomic mass is 16.1. The third-order valence-electron chi connectivity index (χ3n) is 2.04. The fraction of sp³-hybridized carbons (Fsp3) is 0.692. The second-order valence-electron chi connectivity index (χ2n) is 5.00. The Morgan fingerprint density at radius 3 is 2.50 bits per heavy atom. The molecule has 16 heavy (non-hydrogen) atoms. The Kier molecular flexibility index (Phi) is 6.48. The van der Waals surface area contributed by atoms with Crippen molar-refractivity contribution in [3.63, 3.8) is 0 Å². The highest BCUT2D eigenvalue weighted by molar-refractivity contribution is 5.93. The van der Waals surface area contributed by atoms with E-state index >= 15 is 0 Å². The Hall–Kier alpha value is -1.30. The molecule has 0 atom stereocenters. The average Bonchev–Trinajstić information content (AvgIpc) is 2.14. The molecule has 0 heterocycles. The van der Waals surface area contributed by atoms with Crippen molar-refractivity contribution in [1.82, 2.24) is 5.32 Å². The van der Waals surface area contributed by atoms with Crippen LogP contribution in [0.25, 0.3) is 0 Å². The second kappa shape index (κ2) is 7.05. The lowest BCUT2D eigenvalue weighted by atomic mass is 10.1. The molecular weight excluding hydrogens is 200 g/mol. The summed E-state index contributed by atoms with van der Waals surface area (Å²) in [5.74, 6) is -0.00668. The van der Waals surface area contributed by atoms with Crippen LogP contribution in [0.15, 0.2) is 11.6 Å². The third kappa shape index (κ3) is 8.05. The van der Waals surface area contributed by atoms with Crippen molar-refractivity contribution in [2.75, 3.05) is 0 Å². The zero-order chi connectivity index (χ0) is 12.6. The minimum absolute atomic E-state index is 0.00668. The number of carbonyl (C=O) groups is 1. The van der Waals surface area contributed by atoms with Crippen molar-refractivity contribution < 1.29 is 4.79 Å². The van der Waals surface area contributed by atoms with Crippen molar-refractivity contribution >= 4 is 5.91 Å². The van der Waals surface area contributed by atoms with Crippen molar-refractivity contribution in [3.05, 3.63) is 11.6 Å². The van der Waals surface area contributed by atoms with E-state index in [4.69, 9.17) is 5.26 Å². The molecule has 0 rings (SSSR count). The van der Waals surface area contributed by atoms with E-state index in [0.29, 0.717) is 6.42 Å². The van der Waals surface area contributed by atoms with Gasteiger partial charge in [0.1, 0.15) is 0 Å². The summed E-state index contributed by atoms with van der Waals surface area (Å²) in [6.07, 6.45) is 5.28.